The number of piperazine rings is 1. The molecule has 1 aromatic heterocycles. The van der Waals surface area contributed by atoms with Gasteiger partial charge in [-0.3, -0.25) is 14.5 Å². The molecule has 3 saturated heterocycles. The van der Waals surface area contributed by atoms with Crippen LogP contribution in [0.3, 0.4) is 0 Å². The van der Waals surface area contributed by atoms with Crippen LogP contribution in [0.1, 0.15) is 26.2 Å². The minimum Gasteiger partial charge on any atom is -0.323 e. The van der Waals surface area contributed by atoms with Gasteiger partial charge in [0.15, 0.2) is 5.82 Å². The van der Waals surface area contributed by atoms with Crippen LogP contribution in [0, 0.1) is 23.2 Å². The van der Waals surface area contributed by atoms with Crippen molar-refractivity contribution in [2.75, 3.05) is 18.0 Å². The lowest BCUT2D eigenvalue weighted by atomic mass is 10.1. The van der Waals surface area contributed by atoms with E-state index in [1.165, 1.54) is 0 Å². The molecule has 2 bridgehead atoms. The van der Waals surface area contributed by atoms with Gasteiger partial charge in [-0.15, -0.1) is 5.10 Å². The van der Waals surface area contributed by atoms with Gasteiger partial charge in [0.1, 0.15) is 6.04 Å². The van der Waals surface area contributed by atoms with E-state index < -0.39 is 0 Å². The van der Waals surface area contributed by atoms with Crippen LogP contribution < -0.4 is 4.90 Å². The van der Waals surface area contributed by atoms with Crippen LogP contribution in [-0.4, -0.2) is 79.5 Å². The Balaban J connectivity index is 1.14. The number of rotatable bonds is 5. The van der Waals surface area contributed by atoms with E-state index in [2.05, 4.69) is 31.6 Å². The fraction of sp³-hybridized carbons (Fsp3) is 0.545. The van der Waals surface area contributed by atoms with Crippen LogP contribution in [0.2, 0.25) is 0 Å². The summed E-state index contributed by atoms with van der Waals surface area (Å²) >= 11 is 0. The Kier molecular flexibility index (Phi) is 4.30. The van der Waals surface area contributed by atoms with E-state index in [9.17, 15) is 14.9 Å². The number of carbonyl (C=O) groups is 2. The SMILES string of the molecule is C[C@@H](CN1C[C@@H]2C[C@H]1C(=O)N2c1cccc(-c2nnn[nH]2)c1)C(=O)N1C2C[C@H]2C[C@H]1C#N. The zero-order valence-electron chi connectivity index (χ0n) is 17.8. The number of amides is 2. The number of nitrogens with zero attached hydrogens (tertiary/aromatic N) is 7. The van der Waals surface area contributed by atoms with Gasteiger partial charge >= 0.3 is 0 Å². The molecule has 6 atom stereocenters. The minimum atomic E-state index is -0.285. The highest BCUT2D eigenvalue weighted by molar-refractivity contribution is 6.01. The average molecular weight is 432 g/mol. The standard InChI is InChI=1S/C22H24N8O2/c1-12(21(31)30-16(9-23)6-14-7-18(14)30)10-28-11-17-8-19(28)22(32)29(17)15-4-2-3-13(5-15)20-24-26-27-25-20/h2-5,12,14,16-19H,6-8,10-11H2,1H3,(H,24,25,26,27)/t12-,14+,16-,17-,18?,19-/m0/s1. The summed E-state index contributed by atoms with van der Waals surface area (Å²) in [7, 11) is 0. The summed E-state index contributed by atoms with van der Waals surface area (Å²) in [6.07, 6.45) is 2.61. The molecule has 6 rings (SSSR count). The molecule has 4 fully saturated rings. The first-order valence-electron chi connectivity index (χ1n) is 11.2. The van der Waals surface area contributed by atoms with E-state index in [0.717, 1.165) is 37.1 Å². The zero-order valence-corrected chi connectivity index (χ0v) is 17.8. The number of carbonyl (C=O) groups excluding carboxylic acids is 2. The molecule has 10 nitrogen and oxygen atoms in total. The molecule has 1 unspecified atom stereocenters. The van der Waals surface area contributed by atoms with Crippen molar-refractivity contribution in [1.82, 2.24) is 30.4 Å². The molecular formula is C22H24N8O2. The Hall–Kier alpha value is -3.32. The lowest BCUT2D eigenvalue weighted by Crippen LogP contribution is -2.53. The monoisotopic (exact) mass is 432 g/mol. The lowest BCUT2D eigenvalue weighted by Gasteiger charge is -2.36. The second kappa shape index (κ2) is 7.10. The van der Waals surface area contributed by atoms with Crippen molar-refractivity contribution in [3.05, 3.63) is 24.3 Å². The number of likely N-dealkylation sites (tertiary alicyclic amines) is 2. The van der Waals surface area contributed by atoms with Crippen LogP contribution in [0.25, 0.3) is 11.4 Å². The van der Waals surface area contributed by atoms with E-state index >= 15 is 0 Å². The average Bonchev–Trinajstić information content (AvgIpc) is 3.25. The summed E-state index contributed by atoms with van der Waals surface area (Å²) in [5.41, 5.74) is 1.67. The van der Waals surface area contributed by atoms with Crippen LogP contribution in [0.4, 0.5) is 5.69 Å². The Bertz CT molecular complexity index is 1110. The van der Waals surface area contributed by atoms with Crippen LogP contribution in [0.5, 0.6) is 0 Å². The molecule has 1 aliphatic carbocycles. The third-order valence-electron chi connectivity index (χ3n) is 7.45. The van der Waals surface area contributed by atoms with Gasteiger partial charge in [0.25, 0.3) is 0 Å². The summed E-state index contributed by atoms with van der Waals surface area (Å²) in [6, 6.07) is 9.82. The fourth-order valence-electron chi connectivity index (χ4n) is 5.86. The van der Waals surface area contributed by atoms with Gasteiger partial charge in [-0.1, -0.05) is 19.1 Å². The number of hydrogen-bond acceptors (Lipinski definition) is 7. The molecule has 3 aliphatic heterocycles. The van der Waals surface area contributed by atoms with Gasteiger partial charge in [-0.2, -0.15) is 5.26 Å². The normalized spacial score (nSPS) is 31.6. The molecular weight excluding hydrogens is 408 g/mol. The van der Waals surface area contributed by atoms with Crippen molar-refractivity contribution in [2.45, 2.75) is 50.4 Å². The second-order valence-electron chi connectivity index (χ2n) is 9.46. The Morgan fingerprint density at radius 3 is 2.97 bits per heavy atom. The number of nitriles is 1. The predicted molar refractivity (Wildman–Crippen MR) is 113 cm³/mol. The number of hydrogen-bond donors (Lipinski definition) is 1. The number of H-pyrrole nitrogens is 1. The molecule has 4 heterocycles. The Labute approximate surface area is 185 Å². The number of aromatic nitrogens is 4. The maximum Gasteiger partial charge on any atom is 0.244 e. The van der Waals surface area contributed by atoms with Crippen molar-refractivity contribution in [2.24, 2.45) is 11.8 Å². The molecule has 4 aliphatic rings. The molecule has 0 radical (unpaired) electrons. The van der Waals surface area contributed by atoms with Crippen LogP contribution >= 0.6 is 0 Å². The summed E-state index contributed by atoms with van der Waals surface area (Å²) < 4.78 is 0. The number of benzene rings is 1. The largest absolute Gasteiger partial charge is 0.323 e. The van der Waals surface area contributed by atoms with Crippen molar-refractivity contribution in [3.8, 4) is 17.5 Å². The smallest absolute Gasteiger partial charge is 0.244 e. The number of piperidine rings is 1. The quantitative estimate of drug-likeness (QED) is 0.742. The van der Waals surface area contributed by atoms with Gasteiger partial charge in [0.05, 0.1) is 18.2 Å². The van der Waals surface area contributed by atoms with E-state index in [-0.39, 0.29) is 41.9 Å². The Morgan fingerprint density at radius 2 is 2.22 bits per heavy atom. The van der Waals surface area contributed by atoms with Crippen molar-refractivity contribution >= 4 is 17.5 Å². The van der Waals surface area contributed by atoms with E-state index in [1.54, 1.807) is 0 Å². The maximum absolute atomic E-state index is 13.2. The molecule has 1 saturated carbocycles. The van der Waals surface area contributed by atoms with E-state index in [0.29, 0.717) is 18.3 Å². The van der Waals surface area contributed by atoms with E-state index in [1.807, 2.05) is 41.0 Å². The predicted octanol–water partition coefficient (Wildman–Crippen LogP) is 0.805. The number of tetrazole rings is 1. The minimum absolute atomic E-state index is 0.0574. The molecule has 2 aromatic rings. The number of fused-ring (bicyclic) bond motifs is 3. The van der Waals surface area contributed by atoms with E-state index in [4.69, 9.17) is 0 Å². The highest BCUT2D eigenvalue weighted by atomic mass is 16.2. The molecule has 0 spiro atoms. The van der Waals surface area contributed by atoms with Crippen molar-refractivity contribution in [1.29, 1.82) is 5.26 Å². The van der Waals surface area contributed by atoms with Crippen LogP contribution in [0.15, 0.2) is 24.3 Å². The van der Waals surface area contributed by atoms with Gasteiger partial charge in [-0.05, 0) is 47.7 Å². The molecule has 10 heteroatoms. The number of anilines is 1. The summed E-state index contributed by atoms with van der Waals surface area (Å²) in [6.45, 7) is 3.22. The highest BCUT2D eigenvalue weighted by Crippen LogP contribution is 2.48. The molecule has 1 N–H and O–H groups in total. The van der Waals surface area contributed by atoms with Gasteiger partial charge in [-0.25, -0.2) is 5.10 Å². The third-order valence-corrected chi connectivity index (χ3v) is 7.45. The van der Waals surface area contributed by atoms with Crippen LogP contribution in [-0.2, 0) is 9.59 Å². The first-order chi connectivity index (χ1) is 15.5. The number of nitrogens with one attached hydrogen (secondary N) is 1. The first-order valence-corrected chi connectivity index (χ1v) is 11.2. The van der Waals surface area contributed by atoms with Gasteiger partial charge in [0, 0.05) is 36.3 Å². The topological polar surface area (TPSA) is 122 Å². The molecule has 164 valence electrons. The molecule has 1 aromatic carbocycles. The first kappa shape index (κ1) is 19.4. The second-order valence-corrected chi connectivity index (χ2v) is 9.46. The number of aromatic amines is 1. The summed E-state index contributed by atoms with van der Waals surface area (Å²) in [5.74, 6) is 0.979. The van der Waals surface area contributed by atoms with Crippen molar-refractivity contribution < 1.29 is 9.59 Å². The summed E-state index contributed by atoms with van der Waals surface area (Å²) in [4.78, 5) is 32.2. The maximum atomic E-state index is 13.2. The lowest BCUT2D eigenvalue weighted by molar-refractivity contribution is -0.137. The Morgan fingerprint density at radius 1 is 1.34 bits per heavy atom. The molecule has 32 heavy (non-hydrogen) atoms. The van der Waals surface area contributed by atoms with Gasteiger partial charge in [0.2, 0.25) is 11.8 Å². The molecule has 2 amide bonds. The highest BCUT2D eigenvalue weighted by Gasteiger charge is 2.55. The van der Waals surface area contributed by atoms with Gasteiger partial charge < -0.3 is 9.80 Å². The fourth-order valence-corrected chi connectivity index (χ4v) is 5.86. The third kappa shape index (κ3) is 2.92. The summed E-state index contributed by atoms with van der Waals surface area (Å²) in [5, 5.41) is 23.4. The zero-order chi connectivity index (χ0) is 22.0. The van der Waals surface area contributed by atoms with Crippen molar-refractivity contribution in [3.63, 3.8) is 0 Å².